The van der Waals surface area contributed by atoms with Gasteiger partial charge < -0.3 is 9.47 Å². The number of ketones is 2. The first-order chi connectivity index (χ1) is 15.2. The Hall–Kier alpha value is -1.49. The van der Waals surface area contributed by atoms with Gasteiger partial charge in [-0.2, -0.15) is 0 Å². The second kappa shape index (κ2) is 18.1. The van der Waals surface area contributed by atoms with Crippen LogP contribution in [0.25, 0.3) is 0 Å². The first kappa shape index (κ1) is 27.5. The lowest BCUT2D eigenvalue weighted by Crippen LogP contribution is -2.20. The Morgan fingerprint density at radius 1 is 0.742 bits per heavy atom. The third kappa shape index (κ3) is 11.6. The van der Waals surface area contributed by atoms with Crippen molar-refractivity contribution in [1.29, 1.82) is 0 Å². The maximum Gasteiger partial charge on any atom is 0.238 e. The highest BCUT2D eigenvalue weighted by Gasteiger charge is 2.30. The summed E-state index contributed by atoms with van der Waals surface area (Å²) in [7, 11) is 2.76. The van der Waals surface area contributed by atoms with Gasteiger partial charge in [0.15, 0.2) is 0 Å². The first-order valence-electron chi connectivity index (χ1n) is 12.1. The number of Topliss-reactive ketones (excluding diaryl/α,β-unsaturated/α-hetero) is 1. The number of rotatable bonds is 19. The second-order valence-corrected chi connectivity index (χ2v) is 9.19. The molecule has 0 N–H and O–H groups in total. The number of unbranched alkanes of at least 4 members (excludes halogenated alkanes) is 12. The molecule has 0 heterocycles. The van der Waals surface area contributed by atoms with Gasteiger partial charge in [-0.15, -0.1) is 11.8 Å². The minimum Gasteiger partial charge on any atom is -0.490 e. The summed E-state index contributed by atoms with van der Waals surface area (Å²) in [6, 6.07) is 0. The number of hydrogen-bond donors (Lipinski definition) is 0. The van der Waals surface area contributed by atoms with Crippen LogP contribution in [-0.4, -0.2) is 31.5 Å². The summed E-state index contributed by atoms with van der Waals surface area (Å²) in [6.45, 7) is 2.26. The van der Waals surface area contributed by atoms with Gasteiger partial charge in [-0.1, -0.05) is 76.9 Å². The van der Waals surface area contributed by atoms with E-state index in [1.54, 1.807) is 0 Å². The maximum absolute atomic E-state index is 12.4. The molecule has 1 aliphatic rings. The van der Waals surface area contributed by atoms with Crippen LogP contribution in [0.1, 0.15) is 96.8 Å². The van der Waals surface area contributed by atoms with Gasteiger partial charge in [0.1, 0.15) is 0 Å². The predicted molar refractivity (Wildman–Crippen MR) is 131 cm³/mol. The van der Waals surface area contributed by atoms with Crippen molar-refractivity contribution in [3.05, 3.63) is 34.7 Å². The van der Waals surface area contributed by atoms with Crippen molar-refractivity contribution in [2.24, 2.45) is 0 Å². The van der Waals surface area contributed by atoms with E-state index in [1.165, 1.54) is 109 Å². The van der Waals surface area contributed by atoms with Gasteiger partial charge in [0, 0.05) is 6.08 Å². The van der Waals surface area contributed by atoms with E-state index in [-0.39, 0.29) is 23.1 Å². The fourth-order valence-electron chi connectivity index (χ4n) is 3.59. The van der Waals surface area contributed by atoms with Crippen LogP contribution < -0.4 is 0 Å². The summed E-state index contributed by atoms with van der Waals surface area (Å²) < 4.78 is 10.1. The second-order valence-electron chi connectivity index (χ2n) is 8.05. The summed E-state index contributed by atoms with van der Waals surface area (Å²) in [6.07, 6.45) is 24.0. The van der Waals surface area contributed by atoms with Gasteiger partial charge in [-0.05, 0) is 37.9 Å². The Bertz CT molecular complexity index is 619. The zero-order valence-corrected chi connectivity index (χ0v) is 20.7. The molecular weight excluding hydrogens is 408 g/mol. The summed E-state index contributed by atoms with van der Waals surface area (Å²) in [4.78, 5) is 24.8. The molecule has 0 atom stereocenters. The van der Waals surface area contributed by atoms with Crippen LogP contribution in [0, 0.1) is 0 Å². The number of thioether (sulfide) groups is 1. The minimum absolute atomic E-state index is 0.00546. The zero-order chi connectivity index (χ0) is 22.7. The van der Waals surface area contributed by atoms with E-state index >= 15 is 0 Å². The third-order valence-corrected chi connectivity index (χ3v) is 6.55. The highest BCUT2D eigenvalue weighted by Crippen LogP contribution is 2.28. The number of allylic oxidation sites excluding steroid dienone is 4. The Morgan fingerprint density at radius 2 is 1.26 bits per heavy atom. The smallest absolute Gasteiger partial charge is 0.238 e. The normalized spacial score (nSPS) is 14.5. The van der Waals surface area contributed by atoms with E-state index in [0.717, 1.165) is 18.6 Å². The SMILES string of the molecule is CCCCCCCCC=CCCCCCCCCSC1=CC(=O)C(OC)=C(OC)C1=O. The first-order valence-corrected chi connectivity index (χ1v) is 13.0. The fourth-order valence-corrected chi connectivity index (χ4v) is 4.58. The third-order valence-electron chi connectivity index (χ3n) is 5.44. The van der Waals surface area contributed by atoms with Crippen molar-refractivity contribution in [2.45, 2.75) is 96.8 Å². The van der Waals surface area contributed by atoms with Crippen LogP contribution in [0.2, 0.25) is 0 Å². The average molecular weight is 451 g/mol. The van der Waals surface area contributed by atoms with E-state index in [0.29, 0.717) is 4.91 Å². The highest BCUT2D eigenvalue weighted by molar-refractivity contribution is 8.04. The zero-order valence-electron chi connectivity index (χ0n) is 19.9. The summed E-state index contributed by atoms with van der Waals surface area (Å²) >= 11 is 1.44. The molecule has 0 unspecified atom stereocenters. The Kier molecular flexibility index (Phi) is 16.1. The molecule has 0 bridgehead atoms. The molecule has 0 saturated carbocycles. The molecule has 0 radical (unpaired) electrons. The topological polar surface area (TPSA) is 52.6 Å². The van der Waals surface area contributed by atoms with Gasteiger partial charge in [0.25, 0.3) is 0 Å². The fraction of sp³-hybridized carbons (Fsp3) is 0.692. The largest absolute Gasteiger partial charge is 0.490 e. The van der Waals surface area contributed by atoms with E-state index in [4.69, 9.17) is 9.47 Å². The number of methoxy groups -OCH3 is 2. The van der Waals surface area contributed by atoms with Crippen molar-refractivity contribution in [3.8, 4) is 0 Å². The lowest BCUT2D eigenvalue weighted by molar-refractivity contribution is -0.119. The number of carbonyl (C=O) groups excluding carboxylic acids is 2. The molecule has 5 heteroatoms. The molecular formula is C26H42O4S. The molecule has 1 rings (SSSR count). The molecule has 0 spiro atoms. The molecule has 0 aromatic heterocycles. The van der Waals surface area contributed by atoms with Crippen LogP contribution in [0.4, 0.5) is 0 Å². The Balaban J connectivity index is 1.99. The number of ether oxygens (including phenoxy) is 2. The van der Waals surface area contributed by atoms with E-state index in [9.17, 15) is 9.59 Å². The van der Waals surface area contributed by atoms with Gasteiger partial charge >= 0.3 is 0 Å². The molecule has 176 valence electrons. The summed E-state index contributed by atoms with van der Waals surface area (Å²) in [5.41, 5.74) is 0. The predicted octanol–water partition coefficient (Wildman–Crippen LogP) is 7.30. The van der Waals surface area contributed by atoms with Crippen LogP contribution in [0.5, 0.6) is 0 Å². The molecule has 4 nitrogen and oxygen atoms in total. The van der Waals surface area contributed by atoms with Crippen molar-refractivity contribution < 1.29 is 19.1 Å². The minimum atomic E-state index is -0.303. The van der Waals surface area contributed by atoms with Crippen LogP contribution in [0.3, 0.4) is 0 Å². The van der Waals surface area contributed by atoms with Gasteiger partial charge in [-0.3, -0.25) is 9.59 Å². The van der Waals surface area contributed by atoms with E-state index in [1.807, 2.05) is 0 Å². The summed E-state index contributed by atoms with van der Waals surface area (Å²) in [5.74, 6) is 0.286. The molecule has 0 aliphatic heterocycles. The number of hydrogen-bond acceptors (Lipinski definition) is 5. The van der Waals surface area contributed by atoms with Gasteiger partial charge in [-0.25, -0.2) is 0 Å². The molecule has 0 aromatic carbocycles. The monoisotopic (exact) mass is 450 g/mol. The van der Waals surface area contributed by atoms with Crippen LogP contribution >= 0.6 is 11.8 Å². The van der Waals surface area contributed by atoms with Crippen LogP contribution in [0.15, 0.2) is 34.7 Å². The molecule has 0 fully saturated rings. The lowest BCUT2D eigenvalue weighted by atomic mass is 10.1. The van der Waals surface area contributed by atoms with Crippen molar-refractivity contribution in [2.75, 3.05) is 20.0 Å². The summed E-state index contributed by atoms with van der Waals surface area (Å²) in [5, 5.41) is 0. The molecule has 0 aromatic rings. The Labute approximate surface area is 193 Å². The Morgan fingerprint density at radius 3 is 1.81 bits per heavy atom. The maximum atomic E-state index is 12.4. The van der Waals surface area contributed by atoms with Crippen LogP contribution in [-0.2, 0) is 19.1 Å². The quantitative estimate of drug-likeness (QED) is 0.117. The van der Waals surface area contributed by atoms with Crippen molar-refractivity contribution in [3.63, 3.8) is 0 Å². The lowest BCUT2D eigenvalue weighted by Gasteiger charge is -2.16. The molecule has 0 amide bonds. The average Bonchev–Trinajstić information content (AvgIpc) is 2.77. The number of carbonyl (C=O) groups is 2. The van der Waals surface area contributed by atoms with Gasteiger partial charge in [0.2, 0.25) is 23.1 Å². The van der Waals surface area contributed by atoms with Crippen molar-refractivity contribution >= 4 is 23.3 Å². The van der Waals surface area contributed by atoms with Gasteiger partial charge in [0.05, 0.1) is 19.1 Å². The standard InChI is InChI=1S/C26H42O4S/c1-4-5-6-7-8-9-10-11-12-13-14-15-16-17-18-19-20-31-23-21-22(27)25(29-2)26(30-3)24(23)28/h11-12,21H,4-10,13-20H2,1-3H3. The molecule has 1 aliphatic carbocycles. The van der Waals surface area contributed by atoms with Crippen molar-refractivity contribution in [1.82, 2.24) is 0 Å². The molecule has 0 saturated heterocycles. The van der Waals surface area contributed by atoms with E-state index < -0.39 is 0 Å². The highest BCUT2D eigenvalue weighted by atomic mass is 32.2. The van der Waals surface area contributed by atoms with E-state index in [2.05, 4.69) is 19.1 Å². The molecule has 31 heavy (non-hydrogen) atoms.